The van der Waals surface area contributed by atoms with E-state index in [4.69, 9.17) is 0 Å². The van der Waals surface area contributed by atoms with E-state index in [2.05, 4.69) is 86.5 Å². The van der Waals surface area contributed by atoms with Gasteiger partial charge in [0, 0.05) is 13.1 Å². The molecule has 0 heterocycles. The molecule has 0 aromatic heterocycles. The largest absolute Gasteiger partial charge is 0.298 e. The summed E-state index contributed by atoms with van der Waals surface area (Å²) in [6, 6.07) is 19.7. The molecule has 2 aromatic carbocycles. The van der Waals surface area contributed by atoms with Crippen LogP contribution < -0.4 is 0 Å². The summed E-state index contributed by atoms with van der Waals surface area (Å²) in [7, 11) is 2.25. The van der Waals surface area contributed by atoms with E-state index in [0.717, 1.165) is 24.9 Å². The third-order valence-corrected chi connectivity index (χ3v) is 6.55. The highest BCUT2D eigenvalue weighted by Crippen LogP contribution is 2.59. The minimum Gasteiger partial charge on any atom is -0.298 e. The number of hydrogen-bond donors (Lipinski definition) is 0. The first kappa shape index (κ1) is 16.6. The van der Waals surface area contributed by atoms with Crippen molar-refractivity contribution >= 4 is 0 Å². The molecule has 0 unspecified atom stereocenters. The van der Waals surface area contributed by atoms with E-state index in [1.165, 1.54) is 29.5 Å². The van der Waals surface area contributed by atoms with Gasteiger partial charge in [-0.1, -0.05) is 80.1 Å². The molecule has 3 aliphatic rings. The van der Waals surface area contributed by atoms with Gasteiger partial charge >= 0.3 is 0 Å². The van der Waals surface area contributed by atoms with Crippen molar-refractivity contribution in [2.45, 2.75) is 33.2 Å². The molecule has 1 heteroatoms. The Morgan fingerprint density at radius 2 is 1.60 bits per heavy atom. The van der Waals surface area contributed by atoms with Gasteiger partial charge in [-0.05, 0) is 53.8 Å². The molecule has 0 aliphatic heterocycles. The van der Waals surface area contributed by atoms with Crippen LogP contribution in [0.25, 0.3) is 11.1 Å². The number of hydrogen-bond acceptors (Lipinski definition) is 1. The Balaban J connectivity index is 1.38. The molecule has 0 N–H and O–H groups in total. The van der Waals surface area contributed by atoms with Crippen LogP contribution in [-0.2, 0) is 6.54 Å². The van der Waals surface area contributed by atoms with Crippen molar-refractivity contribution in [3.63, 3.8) is 0 Å². The van der Waals surface area contributed by atoms with Crippen molar-refractivity contribution in [1.29, 1.82) is 0 Å². The predicted octanol–water partition coefficient (Wildman–Crippen LogP) is 5.78. The van der Waals surface area contributed by atoms with Crippen LogP contribution in [0.1, 0.15) is 32.3 Å². The van der Waals surface area contributed by atoms with Gasteiger partial charge in [0.1, 0.15) is 0 Å². The molecule has 1 saturated carbocycles. The highest BCUT2D eigenvalue weighted by atomic mass is 15.1. The van der Waals surface area contributed by atoms with Gasteiger partial charge in [0.05, 0.1) is 0 Å². The lowest BCUT2D eigenvalue weighted by atomic mass is 9.49. The van der Waals surface area contributed by atoms with Gasteiger partial charge in [-0.3, -0.25) is 4.90 Å². The Kier molecular flexibility index (Phi) is 4.29. The molecule has 130 valence electrons. The van der Waals surface area contributed by atoms with Crippen LogP contribution in [0.3, 0.4) is 0 Å². The van der Waals surface area contributed by atoms with Crippen molar-refractivity contribution in [3.05, 3.63) is 71.8 Å². The standard InChI is InChI=1S/C24H29N/c1-24(2)22-14-13-21(23(24)15-22)17-25(3)16-18-9-11-20(12-10-18)19-7-5-4-6-8-19/h4-13,22-23H,14-17H2,1-3H3/t22-,23-/m0/s1. The molecule has 2 aromatic rings. The summed E-state index contributed by atoms with van der Waals surface area (Å²) in [6.45, 7) is 7.05. The average Bonchev–Trinajstić information content (AvgIpc) is 2.63. The fourth-order valence-corrected chi connectivity index (χ4v) is 4.77. The van der Waals surface area contributed by atoms with E-state index in [-0.39, 0.29) is 0 Å². The summed E-state index contributed by atoms with van der Waals surface area (Å²) in [6.07, 6.45) is 5.23. The number of allylic oxidation sites excluding steroid dienone is 1. The summed E-state index contributed by atoms with van der Waals surface area (Å²) >= 11 is 0. The van der Waals surface area contributed by atoms with E-state index in [1.807, 2.05) is 0 Å². The highest BCUT2D eigenvalue weighted by molar-refractivity contribution is 5.63. The van der Waals surface area contributed by atoms with Gasteiger partial charge in [0.15, 0.2) is 0 Å². The smallest absolute Gasteiger partial charge is 0.0234 e. The summed E-state index contributed by atoms with van der Waals surface area (Å²) in [5, 5.41) is 0. The minimum atomic E-state index is 0.530. The molecule has 5 rings (SSSR count). The Morgan fingerprint density at radius 3 is 2.24 bits per heavy atom. The lowest BCUT2D eigenvalue weighted by Gasteiger charge is -2.57. The molecule has 1 nitrogen and oxygen atoms in total. The minimum absolute atomic E-state index is 0.530. The summed E-state index contributed by atoms with van der Waals surface area (Å²) in [5.41, 5.74) is 6.18. The van der Waals surface area contributed by atoms with Gasteiger partial charge in [-0.25, -0.2) is 0 Å². The first-order valence-corrected chi connectivity index (χ1v) is 9.56. The second-order valence-corrected chi connectivity index (χ2v) is 8.56. The lowest BCUT2D eigenvalue weighted by molar-refractivity contribution is -0.0101. The molecule has 1 fully saturated rings. The zero-order valence-corrected chi connectivity index (χ0v) is 15.7. The van der Waals surface area contributed by atoms with Crippen LogP contribution in [0.4, 0.5) is 0 Å². The molecular weight excluding hydrogens is 302 g/mol. The van der Waals surface area contributed by atoms with E-state index in [1.54, 1.807) is 5.57 Å². The summed E-state index contributed by atoms with van der Waals surface area (Å²) < 4.78 is 0. The maximum Gasteiger partial charge on any atom is 0.0234 e. The van der Waals surface area contributed by atoms with Crippen LogP contribution in [-0.4, -0.2) is 18.5 Å². The zero-order chi connectivity index (χ0) is 17.4. The van der Waals surface area contributed by atoms with Gasteiger partial charge in [0.2, 0.25) is 0 Å². The van der Waals surface area contributed by atoms with Crippen LogP contribution >= 0.6 is 0 Å². The number of nitrogens with zero attached hydrogens (tertiary/aromatic N) is 1. The SMILES string of the molecule is CN(CC1=CC[C@H]2C[C@@H]1C2(C)C)Cc1ccc(-c2ccccc2)cc1. The third-order valence-electron chi connectivity index (χ3n) is 6.55. The fourth-order valence-electron chi connectivity index (χ4n) is 4.77. The van der Waals surface area contributed by atoms with Crippen LogP contribution in [0, 0.1) is 17.3 Å². The molecule has 0 radical (unpaired) electrons. The molecule has 2 atom stereocenters. The van der Waals surface area contributed by atoms with Gasteiger partial charge in [-0.15, -0.1) is 0 Å². The second kappa shape index (κ2) is 6.46. The molecule has 0 saturated heterocycles. The fraction of sp³-hybridized carbons (Fsp3) is 0.417. The van der Waals surface area contributed by atoms with Crippen molar-refractivity contribution in [1.82, 2.24) is 4.90 Å². The first-order chi connectivity index (χ1) is 12.0. The Bertz CT molecular complexity index is 754. The molecular formula is C24H29N. The first-order valence-electron chi connectivity index (χ1n) is 9.56. The lowest BCUT2D eigenvalue weighted by Crippen LogP contribution is -2.49. The number of likely N-dealkylation sites (N-methyl/N-ethyl adjacent to an activating group) is 1. The quantitative estimate of drug-likeness (QED) is 0.628. The van der Waals surface area contributed by atoms with E-state index in [9.17, 15) is 0 Å². The Hall–Kier alpha value is -1.86. The van der Waals surface area contributed by atoms with E-state index < -0.39 is 0 Å². The highest BCUT2D eigenvalue weighted by Gasteiger charge is 2.50. The third kappa shape index (κ3) is 3.18. The summed E-state index contributed by atoms with van der Waals surface area (Å²) in [4.78, 5) is 2.47. The van der Waals surface area contributed by atoms with E-state index >= 15 is 0 Å². The van der Waals surface area contributed by atoms with Gasteiger partial charge < -0.3 is 0 Å². The monoisotopic (exact) mass is 331 g/mol. The van der Waals surface area contributed by atoms with Crippen molar-refractivity contribution in [2.24, 2.45) is 17.3 Å². The van der Waals surface area contributed by atoms with Crippen LogP contribution in [0.15, 0.2) is 66.2 Å². The molecule has 25 heavy (non-hydrogen) atoms. The van der Waals surface area contributed by atoms with Crippen molar-refractivity contribution < 1.29 is 0 Å². The molecule has 0 spiro atoms. The molecule has 0 amide bonds. The van der Waals surface area contributed by atoms with Crippen LogP contribution in [0.2, 0.25) is 0 Å². The van der Waals surface area contributed by atoms with Crippen molar-refractivity contribution in [2.75, 3.05) is 13.6 Å². The normalized spacial score (nSPS) is 23.9. The Labute approximate surface area is 152 Å². The topological polar surface area (TPSA) is 3.24 Å². The average molecular weight is 332 g/mol. The number of benzene rings is 2. The molecule has 3 aliphatic carbocycles. The number of rotatable bonds is 5. The maximum atomic E-state index is 2.53. The summed E-state index contributed by atoms with van der Waals surface area (Å²) in [5.74, 6) is 1.74. The number of fused-ring (bicyclic) bond motifs is 1. The van der Waals surface area contributed by atoms with E-state index in [0.29, 0.717) is 5.41 Å². The zero-order valence-electron chi connectivity index (χ0n) is 15.7. The van der Waals surface area contributed by atoms with Crippen molar-refractivity contribution in [3.8, 4) is 11.1 Å². The Morgan fingerprint density at radius 1 is 0.920 bits per heavy atom. The van der Waals surface area contributed by atoms with Crippen LogP contribution in [0.5, 0.6) is 0 Å². The van der Waals surface area contributed by atoms with Gasteiger partial charge in [0.25, 0.3) is 0 Å². The maximum absolute atomic E-state index is 2.53. The molecule has 2 bridgehead atoms. The van der Waals surface area contributed by atoms with Gasteiger partial charge in [-0.2, -0.15) is 0 Å². The second-order valence-electron chi connectivity index (χ2n) is 8.56. The predicted molar refractivity (Wildman–Crippen MR) is 106 cm³/mol.